The van der Waals surface area contributed by atoms with Crippen LogP contribution in [-0.4, -0.2) is 40.2 Å². The topological polar surface area (TPSA) is 101 Å². The minimum absolute atomic E-state index is 0.0350. The lowest BCUT2D eigenvalue weighted by atomic mass is 9.79. The van der Waals surface area contributed by atoms with E-state index in [1.165, 1.54) is 0 Å². The van der Waals surface area contributed by atoms with Crippen molar-refractivity contribution < 1.29 is 13.2 Å². The molecule has 0 heterocycles. The number of nitrogens with two attached hydrogens (primary N) is 1. The van der Waals surface area contributed by atoms with Gasteiger partial charge in [0.2, 0.25) is 15.9 Å². The zero-order chi connectivity index (χ0) is 14.4. The van der Waals surface area contributed by atoms with Crippen molar-refractivity contribution in [3.8, 4) is 0 Å². The fourth-order valence-electron chi connectivity index (χ4n) is 2.53. The second kappa shape index (κ2) is 7.21. The molecule has 0 aromatic heterocycles. The van der Waals surface area contributed by atoms with Gasteiger partial charge in [-0.05, 0) is 12.8 Å². The molecule has 0 aliphatic heterocycles. The van der Waals surface area contributed by atoms with E-state index in [0.29, 0.717) is 13.1 Å². The Kier molecular flexibility index (Phi) is 6.22. The zero-order valence-electron chi connectivity index (χ0n) is 11.6. The van der Waals surface area contributed by atoms with Crippen molar-refractivity contribution in [2.45, 2.75) is 38.5 Å². The predicted octanol–water partition coefficient (Wildman–Crippen LogP) is -0.0489. The molecule has 0 spiro atoms. The molecule has 0 saturated heterocycles. The lowest BCUT2D eigenvalue weighted by Crippen LogP contribution is -2.47. The van der Waals surface area contributed by atoms with E-state index in [1.807, 2.05) is 0 Å². The average Bonchev–Trinajstić information content (AvgIpc) is 2.59. The molecule has 112 valence electrons. The van der Waals surface area contributed by atoms with E-state index in [4.69, 9.17) is 5.73 Å². The number of hydrogen-bond donors (Lipinski definition) is 3. The highest BCUT2D eigenvalue weighted by atomic mass is 32.2. The van der Waals surface area contributed by atoms with Gasteiger partial charge in [-0.15, -0.1) is 0 Å². The monoisotopic (exact) mass is 291 g/mol. The maximum atomic E-state index is 12.3. The third kappa shape index (κ3) is 5.46. The molecule has 7 heteroatoms. The number of nitrogens with one attached hydrogen (secondary N) is 2. The van der Waals surface area contributed by atoms with Crippen molar-refractivity contribution in [3.05, 3.63) is 0 Å². The third-order valence-electron chi connectivity index (χ3n) is 3.71. The van der Waals surface area contributed by atoms with Crippen LogP contribution in [-0.2, 0) is 14.8 Å². The van der Waals surface area contributed by atoms with Crippen LogP contribution in [0.25, 0.3) is 0 Å². The first-order valence-corrected chi connectivity index (χ1v) is 8.72. The van der Waals surface area contributed by atoms with Gasteiger partial charge in [-0.1, -0.05) is 25.7 Å². The van der Waals surface area contributed by atoms with Crippen molar-refractivity contribution in [1.29, 1.82) is 0 Å². The van der Waals surface area contributed by atoms with Crippen LogP contribution in [0, 0.1) is 5.41 Å². The van der Waals surface area contributed by atoms with Gasteiger partial charge in [0.25, 0.3) is 0 Å². The Hall–Kier alpha value is -0.660. The second-order valence-electron chi connectivity index (χ2n) is 5.32. The number of rotatable bonds is 6. The molecule has 0 atom stereocenters. The van der Waals surface area contributed by atoms with Crippen molar-refractivity contribution >= 4 is 15.9 Å². The Morgan fingerprint density at radius 1 is 1.16 bits per heavy atom. The van der Waals surface area contributed by atoms with E-state index in [-0.39, 0.29) is 12.5 Å². The summed E-state index contributed by atoms with van der Waals surface area (Å²) in [7, 11) is -3.20. The molecule has 1 fully saturated rings. The molecule has 0 bridgehead atoms. The molecule has 6 nitrogen and oxygen atoms in total. The Morgan fingerprint density at radius 3 is 2.21 bits per heavy atom. The standard InChI is InChI=1S/C12H25N3O3S/c1-19(17,18)15-9-8-14-11(16)12(10-13)6-4-2-3-5-7-12/h15H,2-10,13H2,1H3,(H,14,16). The van der Waals surface area contributed by atoms with Gasteiger partial charge >= 0.3 is 0 Å². The van der Waals surface area contributed by atoms with E-state index in [1.54, 1.807) is 0 Å². The first-order valence-electron chi connectivity index (χ1n) is 6.83. The summed E-state index contributed by atoms with van der Waals surface area (Å²) >= 11 is 0. The summed E-state index contributed by atoms with van der Waals surface area (Å²) in [5.74, 6) is -0.0350. The summed E-state index contributed by atoms with van der Waals surface area (Å²) in [6.45, 7) is 0.872. The quantitative estimate of drug-likeness (QED) is 0.472. The fourth-order valence-corrected chi connectivity index (χ4v) is 3.00. The summed E-state index contributed by atoms with van der Waals surface area (Å²) in [5.41, 5.74) is 5.35. The molecule has 1 aliphatic rings. The highest BCUT2D eigenvalue weighted by molar-refractivity contribution is 7.88. The van der Waals surface area contributed by atoms with Crippen LogP contribution < -0.4 is 15.8 Å². The van der Waals surface area contributed by atoms with E-state index < -0.39 is 15.4 Å². The summed E-state index contributed by atoms with van der Waals surface area (Å²) in [6, 6.07) is 0. The normalized spacial score (nSPS) is 19.7. The molecule has 0 unspecified atom stereocenters. The Balaban J connectivity index is 2.45. The van der Waals surface area contributed by atoms with Gasteiger partial charge < -0.3 is 11.1 Å². The van der Waals surface area contributed by atoms with Gasteiger partial charge in [0.1, 0.15) is 0 Å². The average molecular weight is 291 g/mol. The molecule has 0 radical (unpaired) electrons. The summed E-state index contributed by atoms with van der Waals surface area (Å²) in [5, 5.41) is 2.80. The molecule has 0 aromatic rings. The van der Waals surface area contributed by atoms with Crippen LogP contribution in [0.15, 0.2) is 0 Å². The Morgan fingerprint density at radius 2 is 1.74 bits per heavy atom. The van der Waals surface area contributed by atoms with E-state index in [2.05, 4.69) is 10.0 Å². The van der Waals surface area contributed by atoms with Crippen molar-refractivity contribution in [2.24, 2.45) is 11.1 Å². The maximum Gasteiger partial charge on any atom is 0.227 e. The van der Waals surface area contributed by atoms with Gasteiger partial charge in [0.05, 0.1) is 11.7 Å². The van der Waals surface area contributed by atoms with Crippen LogP contribution in [0.1, 0.15) is 38.5 Å². The molecule has 1 aliphatic carbocycles. The van der Waals surface area contributed by atoms with Crippen molar-refractivity contribution in [1.82, 2.24) is 10.0 Å². The summed E-state index contributed by atoms with van der Waals surface area (Å²) in [4.78, 5) is 12.3. The Bertz CT molecular complexity index is 387. The minimum Gasteiger partial charge on any atom is -0.354 e. The number of carbonyl (C=O) groups excluding carboxylic acids is 1. The molecular weight excluding hydrogens is 266 g/mol. The van der Waals surface area contributed by atoms with Crippen LogP contribution in [0.2, 0.25) is 0 Å². The van der Waals surface area contributed by atoms with Crippen molar-refractivity contribution in [2.75, 3.05) is 25.9 Å². The zero-order valence-corrected chi connectivity index (χ0v) is 12.4. The van der Waals surface area contributed by atoms with Crippen molar-refractivity contribution in [3.63, 3.8) is 0 Å². The van der Waals surface area contributed by atoms with E-state index in [9.17, 15) is 13.2 Å². The lowest BCUT2D eigenvalue weighted by Gasteiger charge is -2.29. The number of amides is 1. The fraction of sp³-hybridized carbons (Fsp3) is 0.917. The van der Waals surface area contributed by atoms with Crippen LogP contribution in [0.5, 0.6) is 0 Å². The maximum absolute atomic E-state index is 12.3. The van der Waals surface area contributed by atoms with E-state index >= 15 is 0 Å². The van der Waals surface area contributed by atoms with Gasteiger partial charge in [0, 0.05) is 19.6 Å². The SMILES string of the molecule is CS(=O)(=O)NCCNC(=O)C1(CN)CCCCCC1. The summed E-state index contributed by atoms with van der Waals surface area (Å²) < 4.78 is 24.1. The molecule has 4 N–H and O–H groups in total. The molecule has 19 heavy (non-hydrogen) atoms. The second-order valence-corrected chi connectivity index (χ2v) is 7.15. The van der Waals surface area contributed by atoms with Gasteiger partial charge in [-0.3, -0.25) is 4.79 Å². The molecule has 1 rings (SSSR count). The number of hydrogen-bond acceptors (Lipinski definition) is 4. The van der Waals surface area contributed by atoms with Gasteiger partial charge in [0.15, 0.2) is 0 Å². The highest BCUT2D eigenvalue weighted by Gasteiger charge is 2.36. The predicted molar refractivity (Wildman–Crippen MR) is 75.0 cm³/mol. The first kappa shape index (κ1) is 16.4. The molecule has 0 aromatic carbocycles. The van der Waals surface area contributed by atoms with E-state index in [0.717, 1.165) is 44.8 Å². The van der Waals surface area contributed by atoms with Crippen LogP contribution in [0.3, 0.4) is 0 Å². The number of sulfonamides is 1. The molecule has 1 amide bonds. The highest BCUT2D eigenvalue weighted by Crippen LogP contribution is 2.34. The van der Waals surface area contributed by atoms with Gasteiger partial charge in [-0.25, -0.2) is 13.1 Å². The minimum atomic E-state index is -3.20. The smallest absolute Gasteiger partial charge is 0.227 e. The summed E-state index contributed by atoms with van der Waals surface area (Å²) in [6.07, 6.45) is 7.14. The first-order chi connectivity index (χ1) is 8.90. The lowest BCUT2D eigenvalue weighted by molar-refractivity contribution is -0.131. The molecule has 1 saturated carbocycles. The Labute approximate surface area is 115 Å². The number of carbonyl (C=O) groups is 1. The largest absolute Gasteiger partial charge is 0.354 e. The third-order valence-corrected chi connectivity index (χ3v) is 4.44. The molecular formula is C12H25N3O3S. The van der Waals surface area contributed by atoms with Crippen LogP contribution in [0.4, 0.5) is 0 Å². The van der Waals surface area contributed by atoms with Crippen LogP contribution >= 0.6 is 0 Å². The van der Waals surface area contributed by atoms with Gasteiger partial charge in [-0.2, -0.15) is 0 Å².